The fraction of sp³-hybridized carbons (Fsp3) is 0.500. The number of rotatable bonds is 5. The molecule has 3 nitrogen and oxygen atoms in total. The Bertz CT molecular complexity index is 658. The number of H-pyrrole nitrogens is 1. The fourth-order valence-corrected chi connectivity index (χ4v) is 3.39. The van der Waals surface area contributed by atoms with Gasteiger partial charge in [-0.25, -0.2) is 0 Å². The Balaban J connectivity index is 2.34. The summed E-state index contributed by atoms with van der Waals surface area (Å²) in [6, 6.07) is 8.55. The number of nitrogens with one attached hydrogen (secondary N) is 1. The van der Waals surface area contributed by atoms with Crippen LogP contribution in [0.5, 0.6) is 0 Å². The van der Waals surface area contributed by atoms with Crippen LogP contribution in [-0.2, 0) is 12.0 Å². The molecule has 1 heterocycles. The van der Waals surface area contributed by atoms with E-state index in [4.69, 9.17) is 0 Å². The number of nitrogens with zero attached hydrogens (tertiary/aromatic N) is 1. The molecule has 22 heavy (non-hydrogen) atoms. The summed E-state index contributed by atoms with van der Waals surface area (Å²) in [7, 11) is 0. The SMILES string of the molecule is CCN(CC)Cc1sc(=O)[nH]c1-c1ccc(C(C)(C)C)cc1. The minimum absolute atomic E-state index is 0.0251. The third-order valence-corrected chi connectivity index (χ3v) is 4.89. The molecular weight excluding hydrogens is 292 g/mol. The first-order chi connectivity index (χ1) is 10.3. The molecule has 0 saturated carbocycles. The number of thiazole rings is 1. The predicted molar refractivity (Wildman–Crippen MR) is 95.7 cm³/mol. The van der Waals surface area contributed by atoms with Crippen molar-refractivity contribution in [2.45, 2.75) is 46.6 Å². The first kappa shape index (κ1) is 17.0. The quantitative estimate of drug-likeness (QED) is 0.895. The van der Waals surface area contributed by atoms with E-state index < -0.39 is 0 Å². The standard InChI is InChI=1S/C18H26N2OS/c1-6-20(7-2)12-15-16(19-17(21)22-15)13-8-10-14(11-9-13)18(3,4)5/h8-11H,6-7,12H2,1-5H3,(H,19,21). The lowest BCUT2D eigenvalue weighted by molar-refractivity contribution is 0.298. The van der Waals surface area contributed by atoms with Crippen LogP contribution in [0.25, 0.3) is 11.3 Å². The van der Waals surface area contributed by atoms with Crippen molar-refractivity contribution in [1.29, 1.82) is 0 Å². The molecular formula is C18H26N2OS. The van der Waals surface area contributed by atoms with E-state index in [9.17, 15) is 4.79 Å². The van der Waals surface area contributed by atoms with Crippen LogP contribution in [0.1, 0.15) is 45.1 Å². The zero-order chi connectivity index (χ0) is 16.3. The molecule has 0 aliphatic heterocycles. The Kier molecular flexibility index (Phi) is 5.24. The van der Waals surface area contributed by atoms with Gasteiger partial charge in [0, 0.05) is 11.4 Å². The first-order valence-electron chi connectivity index (χ1n) is 7.90. The van der Waals surface area contributed by atoms with Crippen LogP contribution >= 0.6 is 11.3 Å². The van der Waals surface area contributed by atoms with Crippen molar-refractivity contribution in [3.63, 3.8) is 0 Å². The van der Waals surface area contributed by atoms with Crippen molar-refractivity contribution in [2.75, 3.05) is 13.1 Å². The summed E-state index contributed by atoms with van der Waals surface area (Å²) < 4.78 is 0. The molecule has 0 spiro atoms. The summed E-state index contributed by atoms with van der Waals surface area (Å²) in [5, 5.41) is 0. The Hall–Kier alpha value is -1.39. The monoisotopic (exact) mass is 318 g/mol. The second kappa shape index (κ2) is 6.80. The van der Waals surface area contributed by atoms with Gasteiger partial charge >= 0.3 is 4.87 Å². The van der Waals surface area contributed by atoms with E-state index in [2.05, 4.69) is 68.8 Å². The second-order valence-electron chi connectivity index (χ2n) is 6.60. The summed E-state index contributed by atoms with van der Waals surface area (Å²) in [6.45, 7) is 13.7. The maximum absolute atomic E-state index is 11.8. The first-order valence-corrected chi connectivity index (χ1v) is 8.72. The van der Waals surface area contributed by atoms with Crippen molar-refractivity contribution in [3.05, 3.63) is 44.4 Å². The lowest BCUT2D eigenvalue weighted by Crippen LogP contribution is -2.21. The van der Waals surface area contributed by atoms with Gasteiger partial charge in [0.1, 0.15) is 0 Å². The van der Waals surface area contributed by atoms with Gasteiger partial charge in [0.2, 0.25) is 0 Å². The minimum Gasteiger partial charge on any atom is -0.312 e. The molecule has 120 valence electrons. The molecule has 0 aliphatic carbocycles. The van der Waals surface area contributed by atoms with Gasteiger partial charge in [0.15, 0.2) is 0 Å². The molecule has 1 N–H and O–H groups in total. The molecule has 2 aromatic rings. The van der Waals surface area contributed by atoms with E-state index in [0.29, 0.717) is 0 Å². The van der Waals surface area contributed by atoms with E-state index in [1.165, 1.54) is 16.9 Å². The van der Waals surface area contributed by atoms with E-state index in [-0.39, 0.29) is 10.3 Å². The molecule has 0 saturated heterocycles. The fourth-order valence-electron chi connectivity index (χ4n) is 2.49. The molecule has 0 fully saturated rings. The largest absolute Gasteiger partial charge is 0.312 e. The van der Waals surface area contributed by atoms with Crippen molar-refractivity contribution in [2.24, 2.45) is 0 Å². The van der Waals surface area contributed by atoms with Crippen LogP contribution in [0.2, 0.25) is 0 Å². The minimum atomic E-state index is 0.0251. The van der Waals surface area contributed by atoms with E-state index >= 15 is 0 Å². The number of aromatic amines is 1. The van der Waals surface area contributed by atoms with Crippen molar-refractivity contribution >= 4 is 11.3 Å². The van der Waals surface area contributed by atoms with Crippen LogP contribution in [0.3, 0.4) is 0 Å². The highest BCUT2D eigenvalue weighted by molar-refractivity contribution is 7.09. The number of benzene rings is 1. The average molecular weight is 318 g/mol. The van der Waals surface area contributed by atoms with Crippen LogP contribution in [0.15, 0.2) is 29.1 Å². The predicted octanol–water partition coefficient (Wildman–Crippen LogP) is 4.24. The zero-order valence-electron chi connectivity index (χ0n) is 14.2. The third kappa shape index (κ3) is 3.87. The maximum Gasteiger partial charge on any atom is 0.305 e. The van der Waals surface area contributed by atoms with E-state index in [1.807, 2.05) is 0 Å². The molecule has 4 heteroatoms. The van der Waals surface area contributed by atoms with E-state index in [1.54, 1.807) is 0 Å². The smallest absolute Gasteiger partial charge is 0.305 e. The Morgan fingerprint density at radius 1 is 1.09 bits per heavy atom. The van der Waals surface area contributed by atoms with Gasteiger partial charge in [-0.15, -0.1) is 0 Å². The highest BCUT2D eigenvalue weighted by Gasteiger charge is 2.16. The number of aromatic nitrogens is 1. The van der Waals surface area contributed by atoms with Crippen LogP contribution in [-0.4, -0.2) is 23.0 Å². The second-order valence-corrected chi connectivity index (χ2v) is 7.67. The molecule has 0 amide bonds. The molecule has 0 bridgehead atoms. The molecule has 2 rings (SSSR count). The van der Waals surface area contributed by atoms with Gasteiger partial charge in [-0.05, 0) is 29.6 Å². The molecule has 1 aromatic heterocycles. The van der Waals surface area contributed by atoms with Crippen molar-refractivity contribution < 1.29 is 0 Å². The van der Waals surface area contributed by atoms with Crippen LogP contribution in [0.4, 0.5) is 0 Å². The third-order valence-electron chi connectivity index (χ3n) is 4.02. The Morgan fingerprint density at radius 2 is 1.68 bits per heavy atom. The van der Waals surface area contributed by atoms with Crippen LogP contribution < -0.4 is 4.87 Å². The molecule has 0 aliphatic rings. The Labute approximate surface area is 137 Å². The highest BCUT2D eigenvalue weighted by atomic mass is 32.1. The van der Waals surface area contributed by atoms with Crippen LogP contribution in [0, 0.1) is 0 Å². The highest BCUT2D eigenvalue weighted by Crippen LogP contribution is 2.28. The summed E-state index contributed by atoms with van der Waals surface area (Å²) in [6.07, 6.45) is 0. The van der Waals surface area contributed by atoms with Gasteiger partial charge in [-0.1, -0.05) is 70.2 Å². The van der Waals surface area contributed by atoms with Gasteiger partial charge in [-0.3, -0.25) is 9.69 Å². The molecule has 1 aromatic carbocycles. The Morgan fingerprint density at radius 3 is 2.18 bits per heavy atom. The summed E-state index contributed by atoms with van der Waals surface area (Å²) in [5.41, 5.74) is 3.51. The van der Waals surface area contributed by atoms with Gasteiger partial charge in [0.05, 0.1) is 5.69 Å². The average Bonchev–Trinajstić information content (AvgIpc) is 2.84. The van der Waals surface area contributed by atoms with Gasteiger partial charge < -0.3 is 4.98 Å². The van der Waals surface area contributed by atoms with Gasteiger partial charge in [-0.2, -0.15) is 0 Å². The molecule has 0 radical (unpaired) electrons. The summed E-state index contributed by atoms with van der Waals surface area (Å²) in [5.74, 6) is 0. The molecule has 0 atom stereocenters. The van der Waals surface area contributed by atoms with Crippen molar-refractivity contribution in [1.82, 2.24) is 9.88 Å². The normalized spacial score (nSPS) is 12.1. The maximum atomic E-state index is 11.8. The lowest BCUT2D eigenvalue weighted by Gasteiger charge is -2.20. The number of hydrogen-bond acceptors (Lipinski definition) is 3. The topological polar surface area (TPSA) is 36.1 Å². The van der Waals surface area contributed by atoms with Crippen molar-refractivity contribution in [3.8, 4) is 11.3 Å². The number of hydrogen-bond donors (Lipinski definition) is 1. The molecule has 0 unspecified atom stereocenters. The van der Waals surface area contributed by atoms with Gasteiger partial charge in [0.25, 0.3) is 0 Å². The lowest BCUT2D eigenvalue weighted by atomic mass is 9.86. The zero-order valence-corrected chi connectivity index (χ0v) is 15.0. The summed E-state index contributed by atoms with van der Waals surface area (Å²) in [4.78, 5) is 18.3. The summed E-state index contributed by atoms with van der Waals surface area (Å²) >= 11 is 1.33. The van der Waals surface area contributed by atoms with E-state index in [0.717, 1.165) is 35.8 Å².